The molecule has 1 amide bonds. The predicted octanol–water partition coefficient (Wildman–Crippen LogP) is 5.19. The Bertz CT molecular complexity index is 894. The van der Waals surface area contributed by atoms with Crippen LogP contribution in [0.5, 0.6) is 5.75 Å². The molecule has 0 unspecified atom stereocenters. The van der Waals surface area contributed by atoms with E-state index in [1.165, 1.54) is 0 Å². The van der Waals surface area contributed by atoms with Crippen LogP contribution in [0.3, 0.4) is 0 Å². The number of ether oxygens (including phenoxy) is 1. The topological polar surface area (TPSA) is 50.4 Å². The van der Waals surface area contributed by atoms with E-state index in [2.05, 4.69) is 10.6 Å². The standard InChI is InChI=1S/C23H24N2O2/c1-3-27-21-15-8-7-14-20(21)25-23(26)22(18-11-5-4-6-12-18)24-19-13-9-10-17(2)16-19/h4-16,22,24H,3H2,1-2H3,(H,25,26)/t22-/m0/s1. The highest BCUT2D eigenvalue weighted by Gasteiger charge is 2.21. The van der Waals surface area contributed by atoms with E-state index in [-0.39, 0.29) is 5.91 Å². The molecule has 4 heteroatoms. The molecule has 3 rings (SSSR count). The second-order valence-corrected chi connectivity index (χ2v) is 6.28. The molecule has 0 aliphatic rings. The molecule has 4 nitrogen and oxygen atoms in total. The van der Waals surface area contributed by atoms with Gasteiger partial charge in [-0.1, -0.05) is 54.6 Å². The van der Waals surface area contributed by atoms with Crippen LogP contribution in [-0.4, -0.2) is 12.5 Å². The number of anilines is 2. The second kappa shape index (κ2) is 8.90. The third kappa shape index (κ3) is 4.88. The number of carbonyl (C=O) groups is 1. The number of nitrogens with one attached hydrogen (secondary N) is 2. The predicted molar refractivity (Wildman–Crippen MR) is 110 cm³/mol. The van der Waals surface area contributed by atoms with Crippen LogP contribution < -0.4 is 15.4 Å². The van der Waals surface area contributed by atoms with Crippen molar-refractivity contribution in [1.82, 2.24) is 0 Å². The normalized spacial score (nSPS) is 11.5. The molecule has 138 valence electrons. The first-order chi connectivity index (χ1) is 13.2. The van der Waals surface area contributed by atoms with E-state index in [1.54, 1.807) is 0 Å². The highest BCUT2D eigenvalue weighted by Crippen LogP contribution is 2.27. The molecule has 27 heavy (non-hydrogen) atoms. The number of hydrogen-bond donors (Lipinski definition) is 2. The van der Waals surface area contributed by atoms with Gasteiger partial charge in [0, 0.05) is 5.69 Å². The molecule has 0 spiro atoms. The lowest BCUT2D eigenvalue weighted by atomic mass is 10.1. The Morgan fingerprint density at radius 1 is 0.963 bits per heavy atom. The SMILES string of the molecule is CCOc1ccccc1NC(=O)[C@@H](Nc1cccc(C)c1)c1ccccc1. The van der Waals surface area contributed by atoms with Crippen LogP contribution in [0.25, 0.3) is 0 Å². The molecule has 0 radical (unpaired) electrons. The highest BCUT2D eigenvalue weighted by atomic mass is 16.5. The number of aryl methyl sites for hydroxylation is 1. The van der Waals surface area contributed by atoms with Crippen LogP contribution in [0.2, 0.25) is 0 Å². The molecule has 0 aliphatic heterocycles. The summed E-state index contributed by atoms with van der Waals surface area (Å²) in [6.07, 6.45) is 0. The Balaban J connectivity index is 1.87. The average Bonchev–Trinajstić information content (AvgIpc) is 2.68. The first-order valence-electron chi connectivity index (χ1n) is 9.08. The van der Waals surface area contributed by atoms with Gasteiger partial charge < -0.3 is 15.4 Å². The van der Waals surface area contributed by atoms with E-state index in [0.717, 1.165) is 16.8 Å². The van der Waals surface area contributed by atoms with E-state index in [1.807, 2.05) is 92.7 Å². The summed E-state index contributed by atoms with van der Waals surface area (Å²) in [5.41, 5.74) is 3.59. The van der Waals surface area contributed by atoms with E-state index in [4.69, 9.17) is 4.74 Å². The summed E-state index contributed by atoms with van der Waals surface area (Å²) in [5.74, 6) is 0.519. The van der Waals surface area contributed by atoms with Gasteiger partial charge in [0.05, 0.1) is 12.3 Å². The molecule has 1 atom stereocenters. The van der Waals surface area contributed by atoms with Crippen molar-refractivity contribution >= 4 is 17.3 Å². The van der Waals surface area contributed by atoms with Crippen LogP contribution in [0.15, 0.2) is 78.9 Å². The third-order valence-corrected chi connectivity index (χ3v) is 4.17. The zero-order valence-corrected chi connectivity index (χ0v) is 15.6. The van der Waals surface area contributed by atoms with Crippen molar-refractivity contribution in [2.45, 2.75) is 19.9 Å². The smallest absolute Gasteiger partial charge is 0.251 e. The Labute approximate surface area is 160 Å². The minimum absolute atomic E-state index is 0.144. The lowest BCUT2D eigenvalue weighted by Crippen LogP contribution is -2.27. The van der Waals surface area contributed by atoms with Gasteiger partial charge in [-0.25, -0.2) is 0 Å². The van der Waals surface area contributed by atoms with Crippen molar-refractivity contribution in [3.8, 4) is 5.75 Å². The summed E-state index contributed by atoms with van der Waals surface area (Å²) in [5, 5.41) is 6.36. The van der Waals surface area contributed by atoms with Gasteiger partial charge in [0.25, 0.3) is 5.91 Å². The van der Waals surface area contributed by atoms with Crippen LogP contribution in [0.1, 0.15) is 24.1 Å². The van der Waals surface area contributed by atoms with Crippen molar-refractivity contribution < 1.29 is 9.53 Å². The van der Waals surface area contributed by atoms with E-state index >= 15 is 0 Å². The van der Waals surface area contributed by atoms with Gasteiger partial charge >= 0.3 is 0 Å². The molecule has 0 bridgehead atoms. The molecule has 0 aliphatic carbocycles. The maximum atomic E-state index is 13.1. The summed E-state index contributed by atoms with van der Waals surface area (Å²) in [6.45, 7) is 4.49. The van der Waals surface area contributed by atoms with Crippen LogP contribution in [0.4, 0.5) is 11.4 Å². The Morgan fingerprint density at radius 3 is 2.44 bits per heavy atom. The van der Waals surface area contributed by atoms with E-state index in [9.17, 15) is 4.79 Å². The van der Waals surface area contributed by atoms with Gasteiger partial charge in [-0.2, -0.15) is 0 Å². The van der Waals surface area contributed by atoms with Gasteiger partial charge in [-0.3, -0.25) is 4.79 Å². The highest BCUT2D eigenvalue weighted by molar-refractivity contribution is 5.98. The minimum Gasteiger partial charge on any atom is -0.492 e. The van der Waals surface area contributed by atoms with Gasteiger partial charge in [-0.15, -0.1) is 0 Å². The van der Waals surface area contributed by atoms with Gasteiger partial charge in [0.15, 0.2) is 0 Å². The van der Waals surface area contributed by atoms with Crippen molar-refractivity contribution in [2.24, 2.45) is 0 Å². The fourth-order valence-corrected chi connectivity index (χ4v) is 2.90. The van der Waals surface area contributed by atoms with Crippen molar-refractivity contribution in [3.05, 3.63) is 90.0 Å². The quantitative estimate of drug-likeness (QED) is 0.610. The molecule has 2 N–H and O–H groups in total. The van der Waals surface area contributed by atoms with Gasteiger partial charge in [0.1, 0.15) is 11.8 Å². The van der Waals surface area contributed by atoms with E-state index < -0.39 is 6.04 Å². The average molecular weight is 360 g/mol. The monoisotopic (exact) mass is 360 g/mol. The Kier molecular flexibility index (Phi) is 6.10. The molecule has 3 aromatic carbocycles. The zero-order valence-electron chi connectivity index (χ0n) is 15.6. The number of amides is 1. The zero-order chi connectivity index (χ0) is 19.1. The lowest BCUT2D eigenvalue weighted by Gasteiger charge is -2.21. The fourth-order valence-electron chi connectivity index (χ4n) is 2.90. The van der Waals surface area contributed by atoms with Crippen molar-refractivity contribution in [2.75, 3.05) is 17.2 Å². The fraction of sp³-hybridized carbons (Fsp3) is 0.174. The van der Waals surface area contributed by atoms with Gasteiger partial charge in [0.2, 0.25) is 0 Å². The summed E-state index contributed by atoms with van der Waals surface area (Å²) >= 11 is 0. The van der Waals surface area contributed by atoms with Crippen LogP contribution in [0, 0.1) is 6.92 Å². The lowest BCUT2D eigenvalue weighted by molar-refractivity contribution is -0.117. The maximum absolute atomic E-state index is 13.1. The molecule has 0 aromatic heterocycles. The Morgan fingerprint density at radius 2 is 1.70 bits per heavy atom. The molecule has 0 fully saturated rings. The first kappa shape index (κ1) is 18.5. The Hall–Kier alpha value is -3.27. The van der Waals surface area contributed by atoms with Crippen molar-refractivity contribution in [3.63, 3.8) is 0 Å². The molecule has 0 saturated carbocycles. The first-order valence-corrected chi connectivity index (χ1v) is 9.08. The number of para-hydroxylation sites is 2. The third-order valence-electron chi connectivity index (χ3n) is 4.17. The second-order valence-electron chi connectivity index (χ2n) is 6.28. The molecule has 0 saturated heterocycles. The number of benzene rings is 3. The number of carbonyl (C=O) groups excluding carboxylic acids is 1. The summed E-state index contributed by atoms with van der Waals surface area (Å²) in [6, 6.07) is 24.6. The molecular formula is C23H24N2O2. The summed E-state index contributed by atoms with van der Waals surface area (Å²) in [7, 11) is 0. The molecular weight excluding hydrogens is 336 g/mol. The maximum Gasteiger partial charge on any atom is 0.251 e. The van der Waals surface area contributed by atoms with Crippen LogP contribution >= 0.6 is 0 Å². The minimum atomic E-state index is -0.525. The summed E-state index contributed by atoms with van der Waals surface area (Å²) in [4.78, 5) is 13.1. The van der Waals surface area contributed by atoms with Crippen LogP contribution in [-0.2, 0) is 4.79 Å². The largest absolute Gasteiger partial charge is 0.492 e. The number of hydrogen-bond acceptors (Lipinski definition) is 3. The van der Waals surface area contributed by atoms with E-state index in [0.29, 0.717) is 18.0 Å². The van der Waals surface area contributed by atoms with Crippen molar-refractivity contribution in [1.29, 1.82) is 0 Å². The number of rotatable bonds is 7. The molecule has 3 aromatic rings. The van der Waals surface area contributed by atoms with Gasteiger partial charge in [-0.05, 0) is 49.2 Å². The summed E-state index contributed by atoms with van der Waals surface area (Å²) < 4.78 is 5.62. The molecule has 0 heterocycles.